The molecule has 1 N–H and O–H groups in total. The Morgan fingerprint density at radius 1 is 1.00 bits per heavy atom. The maximum atomic E-state index is 5.39. The second-order valence-electron chi connectivity index (χ2n) is 5.32. The zero-order chi connectivity index (χ0) is 15.8. The van der Waals surface area contributed by atoms with Crippen molar-refractivity contribution in [2.24, 2.45) is 0 Å². The van der Waals surface area contributed by atoms with Gasteiger partial charge in [-0.2, -0.15) is 10.1 Å². The molecule has 0 unspecified atom stereocenters. The number of nitrogens with one attached hydrogen (secondary N) is 1. The smallest absolute Gasteiger partial charge is 0.262 e. The maximum absolute atomic E-state index is 5.39. The molecule has 6 nitrogen and oxygen atoms in total. The van der Waals surface area contributed by atoms with Crippen LogP contribution in [0.25, 0.3) is 34.1 Å². The SMILES string of the molecule is Cc1coc(C)c1-c1nc(-c2ccc(-c3ccn[nH]3)cc2)no1. The summed E-state index contributed by atoms with van der Waals surface area (Å²) in [5.74, 6) is 1.80. The topological polar surface area (TPSA) is 80.7 Å². The third-order valence-electron chi connectivity index (χ3n) is 3.75. The van der Waals surface area contributed by atoms with E-state index in [0.717, 1.165) is 33.7 Å². The van der Waals surface area contributed by atoms with Gasteiger partial charge in [0.2, 0.25) is 5.82 Å². The highest BCUT2D eigenvalue weighted by atomic mass is 16.5. The monoisotopic (exact) mass is 306 g/mol. The molecule has 4 rings (SSSR count). The van der Waals surface area contributed by atoms with Crippen LogP contribution in [0.3, 0.4) is 0 Å². The third-order valence-corrected chi connectivity index (χ3v) is 3.75. The summed E-state index contributed by atoms with van der Waals surface area (Å²) in [6, 6.07) is 9.83. The van der Waals surface area contributed by atoms with Crippen LogP contribution >= 0.6 is 0 Å². The second kappa shape index (κ2) is 5.24. The van der Waals surface area contributed by atoms with E-state index in [4.69, 9.17) is 8.94 Å². The Morgan fingerprint density at radius 3 is 2.43 bits per heavy atom. The summed E-state index contributed by atoms with van der Waals surface area (Å²) in [4.78, 5) is 4.48. The first-order chi connectivity index (χ1) is 11.2. The van der Waals surface area contributed by atoms with Gasteiger partial charge >= 0.3 is 0 Å². The van der Waals surface area contributed by atoms with E-state index in [-0.39, 0.29) is 0 Å². The van der Waals surface area contributed by atoms with Crippen LogP contribution in [0.5, 0.6) is 0 Å². The quantitative estimate of drug-likeness (QED) is 0.618. The first kappa shape index (κ1) is 13.5. The second-order valence-corrected chi connectivity index (χ2v) is 5.32. The summed E-state index contributed by atoms with van der Waals surface area (Å²) in [7, 11) is 0. The molecule has 0 saturated heterocycles. The minimum Gasteiger partial charge on any atom is -0.469 e. The first-order valence-corrected chi connectivity index (χ1v) is 7.21. The Morgan fingerprint density at radius 2 is 1.78 bits per heavy atom. The highest BCUT2D eigenvalue weighted by Gasteiger charge is 2.17. The number of rotatable bonds is 3. The molecule has 1 aromatic carbocycles. The fraction of sp³-hybridized carbons (Fsp3) is 0.118. The number of hydrogen-bond acceptors (Lipinski definition) is 5. The number of aromatic nitrogens is 4. The number of hydrogen-bond donors (Lipinski definition) is 1. The zero-order valence-corrected chi connectivity index (χ0v) is 12.7. The van der Waals surface area contributed by atoms with Gasteiger partial charge in [-0.05, 0) is 25.5 Å². The highest BCUT2D eigenvalue weighted by molar-refractivity contribution is 5.67. The number of furan rings is 1. The molecule has 0 spiro atoms. The van der Waals surface area contributed by atoms with E-state index in [1.165, 1.54) is 0 Å². The number of benzene rings is 1. The van der Waals surface area contributed by atoms with Crippen molar-refractivity contribution < 1.29 is 8.94 Å². The molecule has 23 heavy (non-hydrogen) atoms. The van der Waals surface area contributed by atoms with E-state index in [1.54, 1.807) is 12.5 Å². The van der Waals surface area contributed by atoms with Crippen LogP contribution in [0.2, 0.25) is 0 Å². The van der Waals surface area contributed by atoms with E-state index in [1.807, 2.05) is 44.2 Å². The molecule has 0 amide bonds. The van der Waals surface area contributed by atoms with Crippen molar-refractivity contribution in [3.63, 3.8) is 0 Å². The molecule has 114 valence electrons. The van der Waals surface area contributed by atoms with Crippen molar-refractivity contribution in [2.45, 2.75) is 13.8 Å². The fourth-order valence-electron chi connectivity index (χ4n) is 2.55. The number of aryl methyl sites for hydroxylation is 2. The number of nitrogens with zero attached hydrogens (tertiary/aromatic N) is 3. The molecule has 0 fully saturated rings. The molecule has 6 heteroatoms. The summed E-state index contributed by atoms with van der Waals surface area (Å²) < 4.78 is 10.8. The molecule has 3 heterocycles. The van der Waals surface area contributed by atoms with Crippen molar-refractivity contribution in [2.75, 3.05) is 0 Å². The molecule has 0 aliphatic rings. The van der Waals surface area contributed by atoms with Gasteiger partial charge in [-0.15, -0.1) is 0 Å². The van der Waals surface area contributed by atoms with E-state index < -0.39 is 0 Å². The highest BCUT2D eigenvalue weighted by Crippen LogP contribution is 2.29. The Kier molecular flexibility index (Phi) is 3.08. The predicted octanol–water partition coefficient (Wildman–Crippen LogP) is 4.00. The molecule has 0 aliphatic heterocycles. The number of H-pyrrole nitrogens is 1. The predicted molar refractivity (Wildman–Crippen MR) is 84.5 cm³/mol. The molecule has 0 atom stereocenters. The van der Waals surface area contributed by atoms with Gasteiger partial charge in [-0.1, -0.05) is 29.4 Å². The summed E-state index contributed by atoms with van der Waals surface area (Å²) in [6.45, 7) is 3.83. The molecule has 0 radical (unpaired) electrons. The average molecular weight is 306 g/mol. The van der Waals surface area contributed by atoms with Crippen LogP contribution in [-0.4, -0.2) is 20.3 Å². The zero-order valence-electron chi connectivity index (χ0n) is 12.7. The summed E-state index contributed by atoms with van der Waals surface area (Å²) >= 11 is 0. The summed E-state index contributed by atoms with van der Waals surface area (Å²) in [5.41, 5.74) is 4.75. The first-order valence-electron chi connectivity index (χ1n) is 7.21. The van der Waals surface area contributed by atoms with Crippen molar-refractivity contribution >= 4 is 0 Å². The van der Waals surface area contributed by atoms with Gasteiger partial charge < -0.3 is 8.94 Å². The number of aromatic amines is 1. The molecular weight excluding hydrogens is 292 g/mol. The van der Waals surface area contributed by atoms with E-state index in [9.17, 15) is 0 Å². The molecule has 3 aromatic heterocycles. The maximum Gasteiger partial charge on any atom is 0.262 e. The molecular formula is C17H14N4O2. The van der Waals surface area contributed by atoms with Crippen molar-refractivity contribution in [1.29, 1.82) is 0 Å². The summed E-state index contributed by atoms with van der Waals surface area (Å²) in [6.07, 6.45) is 3.41. The lowest BCUT2D eigenvalue weighted by Crippen LogP contribution is -1.84. The van der Waals surface area contributed by atoms with E-state index >= 15 is 0 Å². The van der Waals surface area contributed by atoms with Crippen molar-refractivity contribution in [3.8, 4) is 34.1 Å². The van der Waals surface area contributed by atoms with E-state index in [2.05, 4.69) is 20.3 Å². The Balaban J connectivity index is 1.67. The molecule has 0 saturated carbocycles. The van der Waals surface area contributed by atoms with Gasteiger partial charge in [0, 0.05) is 17.3 Å². The standard InChI is InChI=1S/C17H14N4O2/c1-10-9-22-11(2)15(10)17-19-16(21-23-17)13-5-3-12(4-6-13)14-7-8-18-20-14/h3-9H,1-2H3,(H,18,20). The lowest BCUT2D eigenvalue weighted by molar-refractivity contribution is 0.430. The van der Waals surface area contributed by atoms with Crippen molar-refractivity contribution in [3.05, 3.63) is 54.1 Å². The van der Waals surface area contributed by atoms with Crippen LogP contribution in [-0.2, 0) is 0 Å². The Bertz CT molecular complexity index is 914. The van der Waals surface area contributed by atoms with Gasteiger partial charge in [0.25, 0.3) is 5.89 Å². The Labute approximate surface area is 132 Å². The molecule has 0 aliphatic carbocycles. The van der Waals surface area contributed by atoms with Gasteiger partial charge in [-0.3, -0.25) is 5.10 Å². The van der Waals surface area contributed by atoms with Crippen molar-refractivity contribution in [1.82, 2.24) is 20.3 Å². The Hall–Kier alpha value is -3.15. The third kappa shape index (κ3) is 2.34. The van der Waals surface area contributed by atoms with Crippen LogP contribution in [0.4, 0.5) is 0 Å². The van der Waals surface area contributed by atoms with Crippen LogP contribution in [0.1, 0.15) is 11.3 Å². The minimum atomic E-state index is 0.474. The minimum absolute atomic E-state index is 0.474. The lowest BCUT2D eigenvalue weighted by Gasteiger charge is -1.98. The lowest BCUT2D eigenvalue weighted by atomic mass is 10.1. The molecule has 4 aromatic rings. The van der Waals surface area contributed by atoms with Crippen LogP contribution in [0.15, 0.2) is 51.7 Å². The fourth-order valence-corrected chi connectivity index (χ4v) is 2.55. The molecule has 0 bridgehead atoms. The van der Waals surface area contributed by atoms with Crippen LogP contribution < -0.4 is 0 Å². The van der Waals surface area contributed by atoms with E-state index in [0.29, 0.717) is 11.7 Å². The normalized spacial score (nSPS) is 11.0. The summed E-state index contributed by atoms with van der Waals surface area (Å²) in [5, 5.41) is 11.0. The average Bonchev–Trinajstić information content (AvgIpc) is 3.29. The van der Waals surface area contributed by atoms with Crippen LogP contribution in [0, 0.1) is 13.8 Å². The van der Waals surface area contributed by atoms with Gasteiger partial charge in [0.15, 0.2) is 0 Å². The van der Waals surface area contributed by atoms with Gasteiger partial charge in [-0.25, -0.2) is 0 Å². The van der Waals surface area contributed by atoms with Gasteiger partial charge in [0.1, 0.15) is 5.76 Å². The van der Waals surface area contributed by atoms with Gasteiger partial charge in [0.05, 0.1) is 17.5 Å². The largest absolute Gasteiger partial charge is 0.469 e.